The number of benzene rings is 1. The Balaban J connectivity index is 1.62. The molecule has 21 heavy (non-hydrogen) atoms. The fraction of sp³-hybridized carbons (Fsp3) is 0.286. The first-order valence-electron chi connectivity index (χ1n) is 6.54. The predicted molar refractivity (Wildman–Crippen MR) is 86.7 cm³/mol. The number of hydrogen-bond donors (Lipinski definition) is 1. The highest BCUT2D eigenvalue weighted by molar-refractivity contribution is 7.13. The lowest BCUT2D eigenvalue weighted by Crippen LogP contribution is -2.37. The summed E-state index contributed by atoms with van der Waals surface area (Å²) in [6.45, 7) is 1.68. The quantitative estimate of drug-likeness (QED) is 0.929. The van der Waals surface area contributed by atoms with Crippen LogP contribution in [0.4, 0.5) is 5.13 Å². The maximum Gasteiger partial charge on any atom is 0.251 e. The van der Waals surface area contributed by atoms with Gasteiger partial charge in [0.1, 0.15) is 0 Å². The minimum Gasteiger partial charge on any atom is -0.347 e. The molecule has 1 aromatic carbocycles. The zero-order valence-electron chi connectivity index (χ0n) is 11.1. The molecule has 3 rings (SSSR count). The molecule has 0 radical (unpaired) electrons. The first kappa shape index (κ1) is 14.6. The number of carbonyl (C=O) groups excluding carboxylic acids is 1. The van der Waals surface area contributed by atoms with Crippen LogP contribution < -0.4 is 10.2 Å². The van der Waals surface area contributed by atoms with E-state index in [2.05, 4.69) is 15.2 Å². The molecule has 1 aliphatic rings. The number of amides is 1. The summed E-state index contributed by atoms with van der Waals surface area (Å²) in [6.07, 6.45) is 2.70. The number of rotatable bonds is 3. The van der Waals surface area contributed by atoms with Crippen molar-refractivity contribution in [1.29, 1.82) is 0 Å². The summed E-state index contributed by atoms with van der Waals surface area (Å²) in [7, 11) is 0. The molecule has 0 aliphatic carbocycles. The van der Waals surface area contributed by atoms with E-state index in [0.717, 1.165) is 24.6 Å². The Morgan fingerprint density at radius 3 is 2.95 bits per heavy atom. The lowest BCUT2D eigenvalue weighted by molar-refractivity contribution is 0.0940. The third-order valence-corrected chi connectivity index (χ3v) is 4.97. The summed E-state index contributed by atoms with van der Waals surface area (Å²) in [5.41, 5.74) is 0.525. The van der Waals surface area contributed by atoms with Crippen LogP contribution in [0.15, 0.2) is 29.8 Å². The van der Waals surface area contributed by atoms with Gasteiger partial charge in [-0.3, -0.25) is 4.79 Å². The van der Waals surface area contributed by atoms with Crippen LogP contribution in [0.2, 0.25) is 10.0 Å². The van der Waals surface area contributed by atoms with Crippen molar-refractivity contribution in [3.63, 3.8) is 0 Å². The van der Waals surface area contributed by atoms with Crippen molar-refractivity contribution in [3.05, 3.63) is 45.4 Å². The van der Waals surface area contributed by atoms with Crippen LogP contribution in [-0.4, -0.2) is 30.0 Å². The van der Waals surface area contributed by atoms with E-state index in [-0.39, 0.29) is 11.9 Å². The number of nitrogens with zero attached hydrogens (tertiary/aromatic N) is 2. The van der Waals surface area contributed by atoms with E-state index in [4.69, 9.17) is 23.2 Å². The van der Waals surface area contributed by atoms with Crippen molar-refractivity contribution < 1.29 is 4.79 Å². The van der Waals surface area contributed by atoms with Crippen molar-refractivity contribution in [3.8, 4) is 0 Å². The van der Waals surface area contributed by atoms with Crippen LogP contribution in [0.25, 0.3) is 0 Å². The smallest absolute Gasteiger partial charge is 0.251 e. The summed E-state index contributed by atoms with van der Waals surface area (Å²) in [5.74, 6) is -0.125. The molecule has 1 fully saturated rings. The Morgan fingerprint density at radius 2 is 2.24 bits per heavy atom. The average Bonchev–Trinajstić information content (AvgIpc) is 3.12. The maximum absolute atomic E-state index is 12.2. The van der Waals surface area contributed by atoms with Crippen LogP contribution in [-0.2, 0) is 0 Å². The molecule has 1 N–H and O–H groups in total. The molecule has 1 aromatic heterocycles. The highest BCUT2D eigenvalue weighted by Gasteiger charge is 2.25. The number of nitrogens with one attached hydrogen (secondary N) is 1. The van der Waals surface area contributed by atoms with Gasteiger partial charge in [0.15, 0.2) is 5.13 Å². The highest BCUT2D eigenvalue weighted by atomic mass is 35.5. The zero-order chi connectivity index (χ0) is 14.8. The first-order chi connectivity index (χ1) is 10.1. The summed E-state index contributed by atoms with van der Waals surface area (Å²) >= 11 is 13.4. The van der Waals surface area contributed by atoms with Crippen LogP contribution in [0.5, 0.6) is 0 Å². The third kappa shape index (κ3) is 3.31. The third-order valence-electron chi connectivity index (χ3n) is 3.40. The van der Waals surface area contributed by atoms with E-state index < -0.39 is 0 Å². The van der Waals surface area contributed by atoms with E-state index in [0.29, 0.717) is 15.6 Å². The molecule has 0 bridgehead atoms. The average molecular weight is 342 g/mol. The van der Waals surface area contributed by atoms with Crippen LogP contribution in [0.3, 0.4) is 0 Å². The standard InChI is InChI=1S/C14H13Cl2N3OS/c15-11-2-1-9(7-12(11)16)13(20)18-10-3-5-19(8-10)14-17-4-6-21-14/h1-2,4,6-7,10H,3,5,8H2,(H,18,20). The molecule has 1 aliphatic heterocycles. The molecule has 1 unspecified atom stereocenters. The van der Waals surface area contributed by atoms with Gasteiger partial charge >= 0.3 is 0 Å². The summed E-state index contributed by atoms with van der Waals surface area (Å²) in [6, 6.07) is 5.02. The molecular formula is C14H13Cl2N3OS. The molecular weight excluding hydrogens is 329 g/mol. The summed E-state index contributed by atoms with van der Waals surface area (Å²) in [5, 5.41) is 6.82. The second kappa shape index (κ2) is 6.22. The minimum absolute atomic E-state index is 0.121. The lowest BCUT2D eigenvalue weighted by Gasteiger charge is -2.16. The predicted octanol–water partition coefficient (Wildman–Crippen LogP) is 3.46. The van der Waals surface area contributed by atoms with E-state index >= 15 is 0 Å². The van der Waals surface area contributed by atoms with Gasteiger partial charge in [0.2, 0.25) is 0 Å². The molecule has 7 heteroatoms. The van der Waals surface area contributed by atoms with E-state index in [9.17, 15) is 4.79 Å². The van der Waals surface area contributed by atoms with Gasteiger partial charge in [0.05, 0.1) is 10.0 Å². The van der Waals surface area contributed by atoms with Gasteiger partial charge in [-0.15, -0.1) is 11.3 Å². The highest BCUT2D eigenvalue weighted by Crippen LogP contribution is 2.24. The van der Waals surface area contributed by atoms with Crippen molar-refractivity contribution in [2.45, 2.75) is 12.5 Å². The number of carbonyl (C=O) groups is 1. The van der Waals surface area contributed by atoms with Crippen molar-refractivity contribution in [1.82, 2.24) is 10.3 Å². The second-order valence-corrected chi connectivity index (χ2v) is 6.54. The SMILES string of the molecule is O=C(NC1CCN(c2nccs2)C1)c1ccc(Cl)c(Cl)c1. The van der Waals surface area contributed by atoms with Crippen LogP contribution >= 0.6 is 34.5 Å². The van der Waals surface area contributed by atoms with Gasteiger partial charge in [-0.1, -0.05) is 23.2 Å². The van der Waals surface area contributed by atoms with E-state index in [1.807, 2.05) is 5.38 Å². The Kier molecular flexibility index (Phi) is 4.33. The van der Waals surface area contributed by atoms with Crippen molar-refractivity contribution >= 4 is 45.6 Å². The van der Waals surface area contributed by atoms with Crippen molar-refractivity contribution in [2.75, 3.05) is 18.0 Å². The Morgan fingerprint density at radius 1 is 1.38 bits per heavy atom. The number of hydrogen-bond acceptors (Lipinski definition) is 4. The second-order valence-electron chi connectivity index (χ2n) is 4.85. The van der Waals surface area contributed by atoms with Gasteiger partial charge in [-0.05, 0) is 24.6 Å². The van der Waals surface area contributed by atoms with Gasteiger partial charge in [-0.25, -0.2) is 4.98 Å². The molecule has 1 atom stereocenters. The molecule has 1 saturated heterocycles. The largest absolute Gasteiger partial charge is 0.347 e. The first-order valence-corrected chi connectivity index (χ1v) is 8.17. The monoisotopic (exact) mass is 341 g/mol. The Hall–Kier alpha value is -1.30. The van der Waals surface area contributed by atoms with Crippen molar-refractivity contribution in [2.24, 2.45) is 0 Å². The zero-order valence-corrected chi connectivity index (χ0v) is 13.4. The van der Waals surface area contributed by atoms with Gasteiger partial charge in [-0.2, -0.15) is 0 Å². The normalized spacial score (nSPS) is 18.0. The fourth-order valence-electron chi connectivity index (χ4n) is 2.33. The number of halogens is 2. The van der Waals surface area contributed by atoms with E-state index in [1.54, 1.807) is 35.7 Å². The number of thiazole rings is 1. The molecule has 0 saturated carbocycles. The van der Waals surface area contributed by atoms with Gasteiger partial charge < -0.3 is 10.2 Å². The molecule has 110 valence electrons. The molecule has 2 heterocycles. The Bertz CT molecular complexity index is 648. The summed E-state index contributed by atoms with van der Waals surface area (Å²) in [4.78, 5) is 18.7. The Labute approximate surface area is 136 Å². The summed E-state index contributed by atoms with van der Waals surface area (Å²) < 4.78 is 0. The fourth-order valence-corrected chi connectivity index (χ4v) is 3.31. The molecule has 4 nitrogen and oxygen atoms in total. The number of anilines is 1. The van der Waals surface area contributed by atoms with Gasteiger partial charge in [0.25, 0.3) is 5.91 Å². The molecule has 2 aromatic rings. The molecule has 0 spiro atoms. The van der Waals surface area contributed by atoms with Gasteiger partial charge in [0, 0.05) is 36.3 Å². The molecule has 1 amide bonds. The van der Waals surface area contributed by atoms with Crippen LogP contribution in [0.1, 0.15) is 16.8 Å². The topological polar surface area (TPSA) is 45.2 Å². The minimum atomic E-state index is -0.125. The van der Waals surface area contributed by atoms with E-state index in [1.165, 1.54) is 0 Å². The maximum atomic E-state index is 12.2. The van der Waals surface area contributed by atoms with Crippen LogP contribution in [0, 0.1) is 0 Å². The number of aromatic nitrogens is 1. The lowest BCUT2D eigenvalue weighted by atomic mass is 10.2.